The maximum absolute atomic E-state index is 13.3. The molecule has 9 N–H and O–H groups in total. The van der Waals surface area contributed by atoms with Gasteiger partial charge in [0.05, 0.1) is 6.20 Å². The SMILES string of the molecule is C[C@H](N)Cn1c(N)nc2c1ccc[n+]2CC1=C(C(=O)O)N2C(=O)[C@@H](NC(=O)/C(=N\O[C@@H](C)C(=O)O)c3nc(N)sc3Cl)[C@H]2SC1. The number of oxime groups is 1. The molecule has 238 valence electrons. The molecule has 3 aromatic rings. The predicted molar refractivity (Wildman–Crippen MR) is 164 cm³/mol. The Balaban J connectivity index is 1.40. The number of nitrogens with one attached hydrogen (secondary N) is 1. The summed E-state index contributed by atoms with van der Waals surface area (Å²) in [6.45, 7) is 3.57. The molecule has 0 aromatic carbocycles. The van der Waals surface area contributed by atoms with Gasteiger partial charge in [-0.05, 0) is 31.0 Å². The maximum Gasteiger partial charge on any atom is 0.352 e. The molecule has 0 bridgehead atoms. The van der Waals surface area contributed by atoms with Gasteiger partial charge in [-0.3, -0.25) is 19.1 Å². The summed E-state index contributed by atoms with van der Waals surface area (Å²) < 4.78 is 3.51. The first-order valence-electron chi connectivity index (χ1n) is 13.3. The number of aromatic nitrogens is 4. The van der Waals surface area contributed by atoms with Crippen LogP contribution < -0.4 is 27.1 Å². The molecule has 3 aromatic heterocycles. The van der Waals surface area contributed by atoms with Gasteiger partial charge in [0.2, 0.25) is 6.10 Å². The van der Waals surface area contributed by atoms with Crippen LogP contribution in [-0.2, 0) is 37.1 Å². The van der Waals surface area contributed by atoms with Crippen molar-refractivity contribution < 1.29 is 38.8 Å². The molecule has 0 unspecified atom stereocenters. The van der Waals surface area contributed by atoms with Crippen molar-refractivity contribution in [2.75, 3.05) is 17.2 Å². The second-order valence-electron chi connectivity index (χ2n) is 10.2. The molecule has 0 spiro atoms. The molecule has 5 heterocycles. The van der Waals surface area contributed by atoms with E-state index in [4.69, 9.17) is 38.7 Å². The molecule has 0 aliphatic carbocycles. The largest absolute Gasteiger partial charge is 0.478 e. The summed E-state index contributed by atoms with van der Waals surface area (Å²) in [5.74, 6) is -3.80. The van der Waals surface area contributed by atoms with Gasteiger partial charge in [0.25, 0.3) is 11.8 Å². The second-order valence-corrected chi connectivity index (χ2v) is 13.0. The minimum absolute atomic E-state index is 0.0104. The zero-order chi connectivity index (χ0) is 32.7. The Hall–Kier alpha value is -4.46. The number of carboxylic acids is 2. The number of carbonyl (C=O) groups excluding carboxylic acids is 2. The van der Waals surface area contributed by atoms with Crippen LogP contribution in [-0.4, -0.2) is 88.4 Å². The quantitative estimate of drug-likeness (QED) is 0.0652. The summed E-state index contributed by atoms with van der Waals surface area (Å²) in [7, 11) is 0. The van der Waals surface area contributed by atoms with E-state index in [1.165, 1.54) is 18.7 Å². The molecule has 1 saturated heterocycles. The summed E-state index contributed by atoms with van der Waals surface area (Å²) in [5.41, 5.74) is 18.6. The molecule has 45 heavy (non-hydrogen) atoms. The molecule has 5 rings (SSSR count). The van der Waals surface area contributed by atoms with E-state index < -0.39 is 47.0 Å². The van der Waals surface area contributed by atoms with Crippen molar-refractivity contribution in [1.82, 2.24) is 24.8 Å². The summed E-state index contributed by atoms with van der Waals surface area (Å²) >= 11 is 8.27. The maximum atomic E-state index is 13.3. The van der Waals surface area contributed by atoms with Gasteiger partial charge < -0.3 is 37.6 Å². The van der Waals surface area contributed by atoms with Crippen LogP contribution in [0.5, 0.6) is 0 Å². The Morgan fingerprint density at radius 3 is 2.64 bits per heavy atom. The number of amides is 2. The van der Waals surface area contributed by atoms with Crippen molar-refractivity contribution in [1.29, 1.82) is 0 Å². The number of hydrogen-bond donors (Lipinski definition) is 6. The van der Waals surface area contributed by atoms with Crippen LogP contribution in [0.1, 0.15) is 19.5 Å². The highest BCUT2D eigenvalue weighted by atomic mass is 35.5. The lowest BCUT2D eigenvalue weighted by Crippen LogP contribution is -2.71. The summed E-state index contributed by atoms with van der Waals surface area (Å²) in [6, 6.07) is 2.29. The average molecular weight is 680 g/mol. The molecule has 2 aliphatic rings. The zero-order valence-electron chi connectivity index (χ0n) is 23.7. The first kappa shape index (κ1) is 31.9. The number of hydrogen-bond acceptors (Lipinski definition) is 13. The Kier molecular flexibility index (Phi) is 8.88. The van der Waals surface area contributed by atoms with Crippen molar-refractivity contribution in [2.24, 2.45) is 10.9 Å². The number of fused-ring (bicyclic) bond motifs is 2. The molecule has 2 aliphatic heterocycles. The molecule has 2 amide bonds. The van der Waals surface area contributed by atoms with Gasteiger partial charge in [-0.25, -0.2) is 19.1 Å². The number of aliphatic carboxylic acids is 2. The van der Waals surface area contributed by atoms with Gasteiger partial charge in [-0.15, -0.1) is 11.8 Å². The van der Waals surface area contributed by atoms with E-state index in [1.54, 1.807) is 21.4 Å². The van der Waals surface area contributed by atoms with Gasteiger partial charge in [-0.1, -0.05) is 28.1 Å². The molecular formula is C25H28ClN10O7S2+. The number of thiazole rings is 1. The Bertz CT molecular complexity index is 1790. The highest BCUT2D eigenvalue weighted by Gasteiger charge is 2.54. The normalized spacial score (nSPS) is 19.6. The Morgan fingerprint density at radius 2 is 2.02 bits per heavy atom. The number of β-lactam (4-membered cyclic amide) rings is 1. The standard InChI is InChI=1S/C25H27ClN10O7S2/c1-9(27)6-35-12-4-3-5-34(18(12)32-24(35)28)7-11-8-44-21-15(20(38)36(21)16(11)23(41)42)30-19(37)14(33-43-10(2)22(39)40)13-17(26)45-25(29)31-13/h3-5,9-10,15,21,28H,6-8,27H2,1-2H3,(H5,29,30,31,37,39,40,41,42)/p+1/b33-14-/t9-,10-,15+,21+/m0/s1. The van der Waals surface area contributed by atoms with E-state index >= 15 is 0 Å². The van der Waals surface area contributed by atoms with E-state index in [1.807, 2.05) is 13.0 Å². The van der Waals surface area contributed by atoms with Crippen molar-refractivity contribution in [2.45, 2.75) is 50.5 Å². The van der Waals surface area contributed by atoms with Crippen LogP contribution >= 0.6 is 34.7 Å². The van der Waals surface area contributed by atoms with E-state index in [2.05, 4.69) is 20.4 Å². The van der Waals surface area contributed by atoms with Gasteiger partial charge in [0, 0.05) is 23.9 Å². The van der Waals surface area contributed by atoms with Crippen LogP contribution in [0.3, 0.4) is 0 Å². The second kappa shape index (κ2) is 12.5. The van der Waals surface area contributed by atoms with Gasteiger partial charge in [-0.2, -0.15) is 0 Å². The lowest BCUT2D eigenvalue weighted by Gasteiger charge is -2.49. The molecule has 17 nitrogen and oxygen atoms in total. The van der Waals surface area contributed by atoms with Crippen LogP contribution in [0.25, 0.3) is 11.2 Å². The average Bonchev–Trinajstić information content (AvgIpc) is 3.48. The molecule has 0 radical (unpaired) electrons. The van der Waals surface area contributed by atoms with Crippen molar-refractivity contribution >= 4 is 86.4 Å². The van der Waals surface area contributed by atoms with Gasteiger partial charge in [0.1, 0.15) is 39.2 Å². The van der Waals surface area contributed by atoms with Crippen molar-refractivity contribution in [3.8, 4) is 0 Å². The van der Waals surface area contributed by atoms with Crippen LogP contribution in [0.2, 0.25) is 4.34 Å². The first-order valence-corrected chi connectivity index (χ1v) is 15.5. The van der Waals surface area contributed by atoms with Crippen LogP contribution in [0.4, 0.5) is 11.1 Å². The molecule has 4 atom stereocenters. The van der Waals surface area contributed by atoms with Crippen LogP contribution in [0, 0.1) is 0 Å². The van der Waals surface area contributed by atoms with E-state index in [0.717, 1.165) is 21.8 Å². The summed E-state index contributed by atoms with van der Waals surface area (Å²) in [6.07, 6.45) is 0.316. The molecular weight excluding hydrogens is 652 g/mol. The number of halogens is 1. The number of thioether (sulfide) groups is 1. The number of imidazole rings is 1. The predicted octanol–water partition coefficient (Wildman–Crippen LogP) is -0.422. The summed E-state index contributed by atoms with van der Waals surface area (Å²) in [4.78, 5) is 64.8. The van der Waals surface area contributed by atoms with E-state index in [9.17, 15) is 24.3 Å². The molecule has 20 heteroatoms. The fraction of sp³-hybridized carbons (Fsp3) is 0.360. The zero-order valence-corrected chi connectivity index (χ0v) is 26.1. The Labute approximate surface area is 267 Å². The lowest BCUT2D eigenvalue weighted by molar-refractivity contribution is -0.664. The van der Waals surface area contributed by atoms with Crippen molar-refractivity contribution in [3.05, 3.63) is 39.6 Å². The topological polar surface area (TPSA) is 258 Å². The fourth-order valence-electron chi connectivity index (χ4n) is 4.81. The highest BCUT2D eigenvalue weighted by molar-refractivity contribution is 8.00. The number of carbonyl (C=O) groups is 4. The number of carboxylic acid groups (broad SMARTS) is 2. The number of pyridine rings is 1. The highest BCUT2D eigenvalue weighted by Crippen LogP contribution is 2.40. The fourth-order valence-corrected chi connectivity index (χ4v) is 7.08. The van der Waals surface area contributed by atoms with Crippen LogP contribution in [0.15, 0.2) is 34.8 Å². The number of nitrogen functional groups attached to an aromatic ring is 2. The van der Waals surface area contributed by atoms with Gasteiger partial charge >= 0.3 is 23.5 Å². The molecule has 0 saturated carbocycles. The monoisotopic (exact) mass is 679 g/mol. The smallest absolute Gasteiger partial charge is 0.352 e. The number of nitrogens with two attached hydrogens (primary N) is 3. The minimum Gasteiger partial charge on any atom is -0.478 e. The Morgan fingerprint density at radius 1 is 1.29 bits per heavy atom. The van der Waals surface area contributed by atoms with Crippen molar-refractivity contribution in [3.63, 3.8) is 0 Å². The third kappa shape index (κ3) is 6.10. The summed E-state index contributed by atoms with van der Waals surface area (Å²) in [5, 5.41) is 24.7. The minimum atomic E-state index is -1.42. The van der Waals surface area contributed by atoms with Gasteiger partial charge in [0.15, 0.2) is 10.8 Å². The van der Waals surface area contributed by atoms with E-state index in [0.29, 0.717) is 17.8 Å². The first-order chi connectivity index (χ1) is 21.3. The lowest BCUT2D eigenvalue weighted by atomic mass is 10.0. The third-order valence-electron chi connectivity index (χ3n) is 6.87. The molecule has 1 fully saturated rings. The van der Waals surface area contributed by atoms with E-state index in [-0.39, 0.29) is 45.1 Å². The third-order valence-corrected chi connectivity index (χ3v) is 9.29. The number of rotatable bonds is 11. The number of nitrogens with zero attached hydrogens (tertiary/aromatic N) is 6. The number of anilines is 2.